The van der Waals surface area contributed by atoms with E-state index in [0.717, 1.165) is 29.1 Å². The molecule has 4 N–H and O–H groups in total. The Hall–Kier alpha value is -4.03. The number of fused-ring (bicyclic) bond motifs is 5. The zero-order valence-electron chi connectivity index (χ0n) is 18.7. The molecule has 1 aliphatic heterocycles. The Balaban J connectivity index is 2.01. The topological polar surface area (TPSA) is 104 Å². The van der Waals surface area contributed by atoms with Crippen molar-refractivity contribution in [1.29, 1.82) is 0 Å². The number of nitrogens with two attached hydrogens (primary N) is 2. The van der Waals surface area contributed by atoms with E-state index in [2.05, 4.69) is 15.1 Å². The Kier molecular flexibility index (Phi) is 6.65. The molecule has 0 saturated carbocycles. The lowest BCUT2D eigenvalue weighted by atomic mass is 9.99. The molecule has 3 heterocycles. The number of hydrogen-bond acceptors (Lipinski definition) is 6. The van der Waals surface area contributed by atoms with E-state index in [1.54, 1.807) is 6.92 Å². The third kappa shape index (κ3) is 4.99. The highest BCUT2D eigenvalue weighted by Gasteiger charge is 2.36. The average Bonchev–Trinajstić information content (AvgIpc) is 3.23. The maximum absolute atomic E-state index is 14.2. The van der Waals surface area contributed by atoms with Crippen molar-refractivity contribution in [3.8, 4) is 11.4 Å². The second kappa shape index (κ2) is 9.55. The lowest BCUT2D eigenvalue weighted by molar-refractivity contribution is -0.141. The first-order valence-electron chi connectivity index (χ1n) is 10.6. The first-order valence-corrected chi connectivity index (χ1v) is 10.6. The number of hydrogen-bond donors (Lipinski definition) is 2. The van der Waals surface area contributed by atoms with Crippen LogP contribution < -0.4 is 16.2 Å². The maximum atomic E-state index is 14.2. The summed E-state index contributed by atoms with van der Waals surface area (Å²) in [6, 6.07) is 5.68. The second-order valence-corrected chi connectivity index (χ2v) is 7.95. The molecule has 0 aliphatic carbocycles. The molecule has 2 bridgehead atoms. The van der Waals surface area contributed by atoms with Crippen LogP contribution in [-0.4, -0.2) is 33.4 Å². The van der Waals surface area contributed by atoms with Gasteiger partial charge in [0, 0.05) is 29.4 Å². The van der Waals surface area contributed by atoms with E-state index in [1.165, 1.54) is 18.3 Å². The highest BCUT2D eigenvalue weighted by molar-refractivity contribution is 6.13. The predicted molar refractivity (Wildman–Crippen MR) is 120 cm³/mol. The molecule has 0 amide bonds. The predicted octanol–water partition coefficient (Wildman–Crippen LogP) is 4.60. The smallest absolute Gasteiger partial charge is 0.435 e. The molecule has 0 saturated heterocycles. The van der Waals surface area contributed by atoms with E-state index in [-0.39, 0.29) is 51.8 Å². The number of benzene rings is 1. The van der Waals surface area contributed by atoms with Crippen LogP contribution in [0.1, 0.15) is 35.5 Å². The number of rotatable bonds is 2. The van der Waals surface area contributed by atoms with Crippen molar-refractivity contribution in [2.24, 2.45) is 10.7 Å². The van der Waals surface area contributed by atoms with E-state index in [0.29, 0.717) is 0 Å². The van der Waals surface area contributed by atoms with Crippen LogP contribution in [0.3, 0.4) is 0 Å². The minimum Gasteiger partial charge on any atom is -0.482 e. The average molecular weight is 510 g/mol. The standard InChI is InChI=1S/C23H20F6N6O/c1-11-16-6-14(24)2-3-17(16)35-15(7-19(34-35)23(27,28)29)4-12(8-30)21(32-10-20(25)26)13-5-18(36-11)22(31)33-9-13/h2-3,5-9,11,20H,4,10,30H2,1H3,(H2,31,33)/t11-/m1/s1. The fourth-order valence-electron chi connectivity index (χ4n) is 3.82. The Morgan fingerprint density at radius 3 is 2.67 bits per heavy atom. The zero-order chi connectivity index (χ0) is 26.2. The number of halogens is 6. The summed E-state index contributed by atoms with van der Waals surface area (Å²) in [7, 11) is 0. The van der Waals surface area contributed by atoms with Crippen molar-refractivity contribution < 1.29 is 31.1 Å². The van der Waals surface area contributed by atoms with Gasteiger partial charge in [-0.15, -0.1) is 0 Å². The van der Waals surface area contributed by atoms with Gasteiger partial charge in [0.2, 0.25) is 0 Å². The van der Waals surface area contributed by atoms with Crippen LogP contribution in [0, 0.1) is 5.82 Å². The molecule has 0 spiro atoms. The van der Waals surface area contributed by atoms with Gasteiger partial charge in [-0.3, -0.25) is 4.99 Å². The van der Waals surface area contributed by atoms with Crippen LogP contribution >= 0.6 is 0 Å². The molecule has 190 valence electrons. The molecule has 13 heteroatoms. The monoisotopic (exact) mass is 510 g/mol. The van der Waals surface area contributed by atoms with E-state index in [4.69, 9.17) is 16.2 Å². The van der Waals surface area contributed by atoms with Crippen molar-refractivity contribution in [2.45, 2.75) is 32.1 Å². The van der Waals surface area contributed by atoms with Gasteiger partial charge < -0.3 is 16.2 Å². The minimum absolute atomic E-state index is 0.00744. The summed E-state index contributed by atoms with van der Waals surface area (Å²) >= 11 is 0. The van der Waals surface area contributed by atoms with Gasteiger partial charge in [0.1, 0.15) is 18.5 Å². The van der Waals surface area contributed by atoms with E-state index < -0.39 is 36.8 Å². The summed E-state index contributed by atoms with van der Waals surface area (Å²) in [5, 5.41) is 3.72. The Labute approximate surface area is 201 Å². The third-order valence-electron chi connectivity index (χ3n) is 5.45. The van der Waals surface area contributed by atoms with Crippen molar-refractivity contribution in [3.05, 3.63) is 76.6 Å². The molecule has 0 radical (unpaired) electrons. The van der Waals surface area contributed by atoms with Gasteiger partial charge in [-0.25, -0.2) is 22.8 Å². The Morgan fingerprint density at radius 2 is 2.00 bits per heavy atom. The molecule has 4 rings (SSSR count). The fraction of sp³-hybridized carbons (Fsp3) is 0.261. The number of nitrogen functional groups attached to an aromatic ring is 1. The molecule has 36 heavy (non-hydrogen) atoms. The minimum atomic E-state index is -4.79. The largest absolute Gasteiger partial charge is 0.482 e. The molecular formula is C23H20F6N6O. The summed E-state index contributed by atoms with van der Waals surface area (Å²) in [6.45, 7) is 0.653. The summed E-state index contributed by atoms with van der Waals surface area (Å²) in [4.78, 5) is 7.99. The van der Waals surface area contributed by atoms with Gasteiger partial charge in [-0.2, -0.15) is 18.3 Å². The van der Waals surface area contributed by atoms with Crippen LogP contribution in [0.2, 0.25) is 0 Å². The molecule has 2 aromatic heterocycles. The van der Waals surface area contributed by atoms with Gasteiger partial charge in [0.25, 0.3) is 6.43 Å². The molecule has 0 unspecified atom stereocenters. The summed E-state index contributed by atoms with van der Waals surface area (Å²) in [6.07, 6.45) is -6.45. The number of aromatic nitrogens is 3. The highest BCUT2D eigenvalue weighted by Crippen LogP contribution is 2.35. The van der Waals surface area contributed by atoms with Crippen LogP contribution in [0.15, 0.2) is 53.3 Å². The van der Waals surface area contributed by atoms with Gasteiger partial charge in [-0.1, -0.05) is 0 Å². The summed E-state index contributed by atoms with van der Waals surface area (Å²) < 4.78 is 88.0. The van der Waals surface area contributed by atoms with Crippen LogP contribution in [0.25, 0.3) is 5.69 Å². The molecular weight excluding hydrogens is 490 g/mol. The summed E-state index contributed by atoms with van der Waals surface area (Å²) in [5.41, 5.74) is 11.1. The molecule has 0 fully saturated rings. The van der Waals surface area contributed by atoms with Gasteiger partial charge in [0.15, 0.2) is 17.3 Å². The SMILES string of the molecule is C[C@H]1Oc2cc(cnc2N)C(=NCC(F)F)C(=CN)Cc2cc(C(F)(F)F)nn2-c2ccc(F)cc21. The molecule has 7 nitrogen and oxygen atoms in total. The third-order valence-corrected chi connectivity index (χ3v) is 5.45. The van der Waals surface area contributed by atoms with E-state index in [9.17, 15) is 26.3 Å². The van der Waals surface area contributed by atoms with Crippen molar-refractivity contribution >= 4 is 11.5 Å². The molecule has 1 aliphatic rings. The number of pyridine rings is 1. The van der Waals surface area contributed by atoms with Crippen molar-refractivity contribution in [2.75, 3.05) is 12.3 Å². The van der Waals surface area contributed by atoms with E-state index >= 15 is 0 Å². The Morgan fingerprint density at radius 1 is 1.25 bits per heavy atom. The van der Waals surface area contributed by atoms with E-state index in [1.807, 2.05) is 0 Å². The number of nitrogens with zero attached hydrogens (tertiary/aromatic N) is 4. The number of ether oxygens (including phenoxy) is 1. The van der Waals surface area contributed by atoms with Gasteiger partial charge in [-0.05, 0) is 49.0 Å². The zero-order valence-corrected chi connectivity index (χ0v) is 18.7. The summed E-state index contributed by atoms with van der Waals surface area (Å²) in [5.74, 6) is -0.662. The lowest BCUT2D eigenvalue weighted by Crippen LogP contribution is -2.18. The van der Waals surface area contributed by atoms with Crippen molar-refractivity contribution in [1.82, 2.24) is 14.8 Å². The van der Waals surface area contributed by atoms with Gasteiger partial charge in [0.05, 0.1) is 11.4 Å². The quantitative estimate of drug-likeness (QED) is 0.491. The van der Waals surface area contributed by atoms with Crippen LogP contribution in [-0.2, 0) is 12.6 Å². The van der Waals surface area contributed by atoms with Gasteiger partial charge >= 0.3 is 6.18 Å². The molecule has 1 atom stereocenters. The first-order chi connectivity index (χ1) is 17.0. The first kappa shape index (κ1) is 25.1. The number of anilines is 1. The lowest BCUT2D eigenvalue weighted by Gasteiger charge is -2.22. The maximum Gasteiger partial charge on any atom is 0.435 e. The van der Waals surface area contributed by atoms with Crippen LogP contribution in [0.4, 0.5) is 32.2 Å². The van der Waals surface area contributed by atoms with Crippen molar-refractivity contribution in [3.63, 3.8) is 0 Å². The number of allylic oxidation sites excluding steroid dienone is 1. The highest BCUT2D eigenvalue weighted by atomic mass is 19.4. The van der Waals surface area contributed by atoms with Crippen LogP contribution in [0.5, 0.6) is 5.75 Å². The number of alkyl halides is 5. The fourth-order valence-corrected chi connectivity index (χ4v) is 3.82. The Bertz CT molecular complexity index is 1350. The molecule has 1 aromatic carbocycles. The second-order valence-electron chi connectivity index (χ2n) is 7.95. The normalized spacial score (nSPS) is 18.4. The number of aliphatic imine (C=N–C) groups is 1. The molecule has 3 aromatic rings.